The van der Waals surface area contributed by atoms with Crippen molar-refractivity contribution in [3.05, 3.63) is 54.1 Å². The van der Waals surface area contributed by atoms with E-state index in [2.05, 4.69) is 38.3 Å². The molecule has 30 heavy (non-hydrogen) atoms. The molecule has 0 bridgehead atoms. The first-order valence-corrected chi connectivity index (χ1v) is 10.8. The number of carbonyl (C=O) groups excluding carboxylic acids is 1. The maximum atomic E-state index is 12.5. The van der Waals surface area contributed by atoms with Crippen molar-refractivity contribution in [3.63, 3.8) is 0 Å². The minimum Gasteiger partial charge on any atom is -0.494 e. The summed E-state index contributed by atoms with van der Waals surface area (Å²) in [5.74, 6) is 2.39. The van der Waals surface area contributed by atoms with Crippen molar-refractivity contribution in [2.45, 2.75) is 40.5 Å². The first-order chi connectivity index (χ1) is 14.3. The number of benzene rings is 2. The fourth-order valence-corrected chi connectivity index (χ4v) is 2.73. The molecule has 0 saturated carbocycles. The highest BCUT2D eigenvalue weighted by Gasteiger charge is 2.09. The van der Waals surface area contributed by atoms with E-state index < -0.39 is 0 Å². The van der Waals surface area contributed by atoms with E-state index in [1.807, 2.05) is 30.3 Å². The minimum absolute atomic E-state index is 0.236. The highest BCUT2D eigenvalue weighted by Crippen LogP contribution is 2.17. The molecule has 0 radical (unpaired) electrons. The van der Waals surface area contributed by atoms with E-state index in [9.17, 15) is 4.79 Å². The van der Waals surface area contributed by atoms with Crippen molar-refractivity contribution < 1.29 is 14.3 Å². The smallest absolute Gasteiger partial charge is 0.257 e. The predicted octanol–water partition coefficient (Wildman–Crippen LogP) is 5.66. The quantitative estimate of drug-likeness (QED) is 0.478. The van der Waals surface area contributed by atoms with E-state index in [0.29, 0.717) is 36.4 Å². The van der Waals surface area contributed by atoms with Crippen molar-refractivity contribution in [2.75, 3.05) is 18.5 Å². The topological polar surface area (TPSA) is 59.6 Å². The van der Waals surface area contributed by atoms with Crippen molar-refractivity contribution in [1.29, 1.82) is 0 Å². The third-order valence-electron chi connectivity index (χ3n) is 4.36. The molecule has 5 nitrogen and oxygen atoms in total. The monoisotopic (exact) mass is 428 g/mol. The highest BCUT2D eigenvalue weighted by molar-refractivity contribution is 7.80. The van der Waals surface area contributed by atoms with Gasteiger partial charge in [0.15, 0.2) is 5.11 Å². The first kappa shape index (κ1) is 23.7. The van der Waals surface area contributed by atoms with Crippen LogP contribution in [0.25, 0.3) is 0 Å². The normalized spacial score (nSPS) is 10.7. The van der Waals surface area contributed by atoms with Crippen LogP contribution in [0.4, 0.5) is 5.69 Å². The molecule has 2 rings (SSSR count). The van der Waals surface area contributed by atoms with Crippen LogP contribution in [0.1, 0.15) is 50.9 Å². The molecule has 0 heterocycles. The van der Waals surface area contributed by atoms with Crippen LogP contribution in [0.5, 0.6) is 11.5 Å². The third-order valence-corrected chi connectivity index (χ3v) is 4.57. The summed E-state index contributed by atoms with van der Waals surface area (Å²) in [5, 5.41) is 5.96. The Labute approximate surface area is 185 Å². The molecule has 0 atom stereocenters. The van der Waals surface area contributed by atoms with Gasteiger partial charge in [0, 0.05) is 11.3 Å². The van der Waals surface area contributed by atoms with Crippen LogP contribution in [0.2, 0.25) is 0 Å². The van der Waals surface area contributed by atoms with Gasteiger partial charge in [-0.15, -0.1) is 0 Å². The fraction of sp³-hybridized carbons (Fsp3) is 0.417. The molecule has 0 aromatic heterocycles. The van der Waals surface area contributed by atoms with Crippen LogP contribution in [-0.2, 0) is 0 Å². The molecule has 0 aliphatic heterocycles. The molecule has 0 aliphatic carbocycles. The van der Waals surface area contributed by atoms with E-state index in [1.54, 1.807) is 18.2 Å². The number of carbonyl (C=O) groups is 1. The molecular weight excluding hydrogens is 396 g/mol. The van der Waals surface area contributed by atoms with Crippen LogP contribution >= 0.6 is 12.2 Å². The van der Waals surface area contributed by atoms with Gasteiger partial charge in [0.05, 0.1) is 13.2 Å². The Morgan fingerprint density at radius 2 is 1.50 bits per heavy atom. The molecule has 2 N–H and O–H groups in total. The van der Waals surface area contributed by atoms with E-state index in [4.69, 9.17) is 21.7 Å². The molecule has 0 fully saturated rings. The Bertz CT molecular complexity index is 819. The first-order valence-electron chi connectivity index (χ1n) is 10.4. The van der Waals surface area contributed by atoms with Crippen LogP contribution in [0.15, 0.2) is 48.5 Å². The zero-order valence-electron chi connectivity index (χ0n) is 18.2. The van der Waals surface area contributed by atoms with Gasteiger partial charge in [0.2, 0.25) is 0 Å². The maximum Gasteiger partial charge on any atom is 0.257 e. The van der Waals surface area contributed by atoms with Crippen LogP contribution < -0.4 is 20.1 Å². The molecular formula is C24H32N2O3S. The van der Waals surface area contributed by atoms with Crippen molar-refractivity contribution in [2.24, 2.45) is 11.8 Å². The van der Waals surface area contributed by atoms with Gasteiger partial charge in [-0.2, -0.15) is 0 Å². The molecule has 1 amide bonds. The summed E-state index contributed by atoms with van der Waals surface area (Å²) in [7, 11) is 0. The second-order valence-corrected chi connectivity index (χ2v) is 8.43. The molecule has 162 valence electrons. The summed E-state index contributed by atoms with van der Waals surface area (Å²) in [6.07, 6.45) is 1.98. The van der Waals surface area contributed by atoms with Gasteiger partial charge < -0.3 is 14.8 Å². The van der Waals surface area contributed by atoms with Crippen molar-refractivity contribution >= 4 is 28.9 Å². The van der Waals surface area contributed by atoms with Gasteiger partial charge >= 0.3 is 0 Å². The number of hydrogen-bond donors (Lipinski definition) is 2. The molecule has 2 aromatic carbocycles. The standard InChI is InChI=1S/C24H32N2O3S/c1-17(2)12-14-28-21-10-8-20(9-11-21)25-24(30)26-23(27)19-6-5-7-22(16-19)29-15-13-18(3)4/h5-11,16-18H,12-15H2,1-4H3,(H2,25,26,27,30). The van der Waals surface area contributed by atoms with Gasteiger partial charge in [-0.3, -0.25) is 10.1 Å². The largest absolute Gasteiger partial charge is 0.494 e. The lowest BCUT2D eigenvalue weighted by Gasteiger charge is -2.12. The number of thiocarbonyl (C=S) groups is 1. The Morgan fingerprint density at radius 1 is 0.900 bits per heavy atom. The van der Waals surface area contributed by atoms with Crippen LogP contribution in [0.3, 0.4) is 0 Å². The average molecular weight is 429 g/mol. The summed E-state index contributed by atoms with van der Waals surface area (Å²) >= 11 is 5.27. The fourth-order valence-electron chi connectivity index (χ4n) is 2.52. The van der Waals surface area contributed by atoms with Gasteiger partial charge in [-0.1, -0.05) is 33.8 Å². The van der Waals surface area contributed by atoms with Gasteiger partial charge in [0.25, 0.3) is 5.91 Å². The summed E-state index contributed by atoms with van der Waals surface area (Å²) in [4.78, 5) is 12.5. The number of amides is 1. The molecule has 0 unspecified atom stereocenters. The van der Waals surface area contributed by atoms with E-state index in [-0.39, 0.29) is 11.0 Å². The lowest BCUT2D eigenvalue weighted by molar-refractivity contribution is 0.0977. The van der Waals surface area contributed by atoms with Gasteiger partial charge in [-0.25, -0.2) is 0 Å². The Balaban J connectivity index is 1.83. The molecule has 2 aromatic rings. The minimum atomic E-state index is -0.282. The average Bonchev–Trinajstić information content (AvgIpc) is 2.69. The Hall–Kier alpha value is -2.60. The Morgan fingerprint density at radius 3 is 2.10 bits per heavy atom. The maximum absolute atomic E-state index is 12.5. The van der Waals surface area contributed by atoms with Crippen molar-refractivity contribution in [1.82, 2.24) is 5.32 Å². The molecule has 0 aliphatic rings. The predicted molar refractivity (Wildman–Crippen MR) is 126 cm³/mol. The van der Waals surface area contributed by atoms with Gasteiger partial charge in [0.1, 0.15) is 11.5 Å². The zero-order valence-corrected chi connectivity index (χ0v) is 19.1. The second kappa shape index (κ2) is 12.2. The second-order valence-electron chi connectivity index (χ2n) is 8.02. The highest BCUT2D eigenvalue weighted by atomic mass is 32.1. The number of nitrogens with one attached hydrogen (secondary N) is 2. The lowest BCUT2D eigenvalue weighted by Crippen LogP contribution is -2.34. The zero-order chi connectivity index (χ0) is 21.9. The summed E-state index contributed by atoms with van der Waals surface area (Å²) in [5.41, 5.74) is 1.28. The summed E-state index contributed by atoms with van der Waals surface area (Å²) < 4.78 is 11.4. The van der Waals surface area contributed by atoms with E-state index >= 15 is 0 Å². The van der Waals surface area contributed by atoms with Crippen LogP contribution in [0, 0.1) is 11.8 Å². The van der Waals surface area contributed by atoms with E-state index in [0.717, 1.165) is 24.3 Å². The Kier molecular flexibility index (Phi) is 9.61. The summed E-state index contributed by atoms with van der Waals surface area (Å²) in [6, 6.07) is 14.6. The SMILES string of the molecule is CC(C)CCOc1ccc(NC(=S)NC(=O)c2cccc(OCCC(C)C)c2)cc1. The van der Waals surface area contributed by atoms with E-state index in [1.165, 1.54) is 0 Å². The van der Waals surface area contributed by atoms with Crippen molar-refractivity contribution in [3.8, 4) is 11.5 Å². The number of hydrogen-bond acceptors (Lipinski definition) is 4. The molecule has 0 saturated heterocycles. The van der Waals surface area contributed by atoms with Crippen LogP contribution in [-0.4, -0.2) is 24.2 Å². The number of anilines is 1. The third kappa shape index (κ3) is 8.82. The summed E-state index contributed by atoms with van der Waals surface area (Å²) in [6.45, 7) is 9.95. The van der Waals surface area contributed by atoms with Gasteiger partial charge in [-0.05, 0) is 79.4 Å². The molecule has 0 spiro atoms. The number of ether oxygens (including phenoxy) is 2. The molecule has 6 heteroatoms. The number of rotatable bonds is 10. The lowest BCUT2D eigenvalue weighted by atomic mass is 10.1.